The molecule has 108 valence electrons. The molecule has 3 rings (SSSR count). The van der Waals surface area contributed by atoms with Crippen LogP contribution < -0.4 is 0 Å². The molecule has 2 aromatic rings. The number of aryl methyl sites for hydroxylation is 1. The maximum atomic E-state index is 2.47. The number of likely N-dealkylation sites (N-methyl/N-ethyl adjacent to an activating group) is 1. The summed E-state index contributed by atoms with van der Waals surface area (Å²) in [5.41, 5.74) is 4.34. The van der Waals surface area contributed by atoms with Gasteiger partial charge in [0.15, 0.2) is 0 Å². The van der Waals surface area contributed by atoms with E-state index >= 15 is 0 Å². The van der Waals surface area contributed by atoms with E-state index in [1.165, 1.54) is 36.0 Å². The molecule has 0 saturated carbocycles. The standard InChI is InChI=1S/C20H23N/c1-21(16-8-11-17-9-3-2-4-10-17)20-15-7-13-18-12-5-6-14-19(18)20/h2-6,8-12,14,20H,7,13,15-16H2,1H3/b11-8+/t20-/m0/s1. The predicted octanol–water partition coefficient (Wildman–Crippen LogP) is 4.71. The molecule has 0 fully saturated rings. The second kappa shape index (κ2) is 6.73. The van der Waals surface area contributed by atoms with Gasteiger partial charge in [0.1, 0.15) is 0 Å². The molecule has 1 heteroatoms. The van der Waals surface area contributed by atoms with E-state index in [1.54, 1.807) is 0 Å². The van der Waals surface area contributed by atoms with E-state index < -0.39 is 0 Å². The van der Waals surface area contributed by atoms with E-state index in [0.29, 0.717) is 6.04 Å². The summed E-state index contributed by atoms with van der Waals surface area (Å²) in [5.74, 6) is 0. The highest BCUT2D eigenvalue weighted by molar-refractivity contribution is 5.48. The summed E-state index contributed by atoms with van der Waals surface area (Å²) in [6.45, 7) is 0.994. The minimum Gasteiger partial charge on any atom is -0.296 e. The van der Waals surface area contributed by atoms with E-state index in [4.69, 9.17) is 0 Å². The van der Waals surface area contributed by atoms with E-state index in [9.17, 15) is 0 Å². The largest absolute Gasteiger partial charge is 0.296 e. The van der Waals surface area contributed by atoms with Crippen LogP contribution in [0.1, 0.15) is 35.6 Å². The van der Waals surface area contributed by atoms with Gasteiger partial charge in [-0.1, -0.05) is 66.7 Å². The van der Waals surface area contributed by atoms with Crippen LogP contribution in [0, 0.1) is 0 Å². The molecule has 0 unspecified atom stereocenters. The second-order valence-corrected chi connectivity index (χ2v) is 5.86. The Morgan fingerprint density at radius 1 is 1.05 bits per heavy atom. The Labute approximate surface area is 127 Å². The fraction of sp³-hybridized carbons (Fsp3) is 0.300. The van der Waals surface area contributed by atoms with Crippen molar-refractivity contribution in [3.05, 3.63) is 77.4 Å². The fourth-order valence-electron chi connectivity index (χ4n) is 3.23. The molecule has 2 aromatic carbocycles. The minimum atomic E-state index is 0.565. The first-order valence-corrected chi connectivity index (χ1v) is 7.84. The van der Waals surface area contributed by atoms with Crippen LogP contribution in [0.25, 0.3) is 6.08 Å². The normalized spacial score (nSPS) is 18.1. The molecular weight excluding hydrogens is 254 g/mol. The van der Waals surface area contributed by atoms with Gasteiger partial charge in [-0.2, -0.15) is 0 Å². The van der Waals surface area contributed by atoms with Crippen LogP contribution in [0.4, 0.5) is 0 Å². The Kier molecular flexibility index (Phi) is 4.52. The molecular formula is C20H23N. The Morgan fingerprint density at radius 3 is 2.67 bits per heavy atom. The summed E-state index contributed by atoms with van der Waals surface area (Å²) in [4.78, 5) is 2.47. The molecule has 0 bridgehead atoms. The van der Waals surface area contributed by atoms with E-state index in [-0.39, 0.29) is 0 Å². The fourth-order valence-corrected chi connectivity index (χ4v) is 3.23. The highest BCUT2D eigenvalue weighted by atomic mass is 15.1. The van der Waals surface area contributed by atoms with Gasteiger partial charge >= 0.3 is 0 Å². The average molecular weight is 277 g/mol. The molecule has 1 nitrogen and oxygen atoms in total. The Balaban J connectivity index is 1.66. The summed E-state index contributed by atoms with van der Waals surface area (Å²) >= 11 is 0. The molecule has 1 aliphatic carbocycles. The molecule has 21 heavy (non-hydrogen) atoms. The van der Waals surface area contributed by atoms with Gasteiger partial charge in [0.25, 0.3) is 0 Å². The number of nitrogens with zero attached hydrogens (tertiary/aromatic N) is 1. The first kappa shape index (κ1) is 14.1. The van der Waals surface area contributed by atoms with Crippen molar-refractivity contribution in [1.82, 2.24) is 4.90 Å². The molecule has 0 radical (unpaired) electrons. The number of rotatable bonds is 4. The molecule has 1 aliphatic rings. The Hall–Kier alpha value is -1.86. The van der Waals surface area contributed by atoms with Crippen LogP contribution in [-0.4, -0.2) is 18.5 Å². The lowest BCUT2D eigenvalue weighted by Gasteiger charge is -2.32. The topological polar surface area (TPSA) is 3.24 Å². The van der Waals surface area contributed by atoms with Crippen molar-refractivity contribution in [1.29, 1.82) is 0 Å². The van der Waals surface area contributed by atoms with Gasteiger partial charge in [-0.3, -0.25) is 4.90 Å². The summed E-state index contributed by atoms with van der Waals surface area (Å²) in [7, 11) is 2.24. The molecule has 0 aromatic heterocycles. The highest BCUT2D eigenvalue weighted by Crippen LogP contribution is 2.33. The average Bonchev–Trinajstić information content (AvgIpc) is 2.55. The molecule has 0 heterocycles. The van der Waals surface area contributed by atoms with Gasteiger partial charge < -0.3 is 0 Å². The molecule has 0 saturated heterocycles. The zero-order valence-corrected chi connectivity index (χ0v) is 12.7. The monoisotopic (exact) mass is 277 g/mol. The van der Waals surface area contributed by atoms with Gasteiger partial charge in [0.2, 0.25) is 0 Å². The van der Waals surface area contributed by atoms with Gasteiger partial charge in [0, 0.05) is 12.6 Å². The van der Waals surface area contributed by atoms with Crippen LogP contribution in [0.5, 0.6) is 0 Å². The lowest BCUT2D eigenvalue weighted by atomic mass is 9.87. The highest BCUT2D eigenvalue weighted by Gasteiger charge is 2.22. The zero-order valence-electron chi connectivity index (χ0n) is 12.7. The smallest absolute Gasteiger partial charge is 0.0351 e. The van der Waals surface area contributed by atoms with Crippen LogP contribution in [-0.2, 0) is 6.42 Å². The van der Waals surface area contributed by atoms with Crippen molar-refractivity contribution < 1.29 is 0 Å². The summed E-state index contributed by atoms with van der Waals surface area (Å²) in [6, 6.07) is 20.0. The first-order valence-electron chi connectivity index (χ1n) is 7.84. The number of hydrogen-bond donors (Lipinski definition) is 0. The number of hydrogen-bond acceptors (Lipinski definition) is 1. The lowest BCUT2D eigenvalue weighted by molar-refractivity contribution is 0.244. The Morgan fingerprint density at radius 2 is 1.81 bits per heavy atom. The molecule has 1 atom stereocenters. The van der Waals surface area contributed by atoms with Crippen molar-refractivity contribution in [2.75, 3.05) is 13.6 Å². The zero-order chi connectivity index (χ0) is 14.5. The second-order valence-electron chi connectivity index (χ2n) is 5.86. The van der Waals surface area contributed by atoms with Gasteiger partial charge in [-0.25, -0.2) is 0 Å². The van der Waals surface area contributed by atoms with Crippen molar-refractivity contribution in [3.8, 4) is 0 Å². The summed E-state index contributed by atoms with van der Waals surface area (Å²) in [6.07, 6.45) is 8.29. The Bertz CT molecular complexity index is 600. The van der Waals surface area contributed by atoms with Crippen LogP contribution >= 0.6 is 0 Å². The first-order chi connectivity index (χ1) is 10.3. The van der Waals surface area contributed by atoms with Crippen molar-refractivity contribution >= 4 is 6.08 Å². The maximum Gasteiger partial charge on any atom is 0.0351 e. The molecule has 0 spiro atoms. The van der Waals surface area contributed by atoms with E-state index in [1.807, 2.05) is 0 Å². The summed E-state index contributed by atoms with van der Waals surface area (Å²) in [5, 5.41) is 0. The van der Waals surface area contributed by atoms with Crippen LogP contribution in [0.3, 0.4) is 0 Å². The van der Waals surface area contributed by atoms with E-state index in [2.05, 4.69) is 78.7 Å². The maximum absolute atomic E-state index is 2.47. The third kappa shape index (κ3) is 3.43. The quantitative estimate of drug-likeness (QED) is 0.782. The third-order valence-corrected chi connectivity index (χ3v) is 4.37. The summed E-state index contributed by atoms with van der Waals surface area (Å²) < 4.78 is 0. The SMILES string of the molecule is CN(C/C=C/c1ccccc1)[C@H]1CCCc2ccccc21. The minimum absolute atomic E-state index is 0.565. The number of fused-ring (bicyclic) bond motifs is 1. The van der Waals surface area contributed by atoms with Crippen LogP contribution in [0.15, 0.2) is 60.7 Å². The third-order valence-electron chi connectivity index (χ3n) is 4.37. The van der Waals surface area contributed by atoms with Crippen molar-refractivity contribution in [2.45, 2.75) is 25.3 Å². The van der Waals surface area contributed by atoms with Crippen LogP contribution in [0.2, 0.25) is 0 Å². The van der Waals surface area contributed by atoms with Crippen molar-refractivity contribution in [2.24, 2.45) is 0 Å². The van der Waals surface area contributed by atoms with Gasteiger partial charge in [-0.15, -0.1) is 0 Å². The lowest BCUT2D eigenvalue weighted by Crippen LogP contribution is -2.27. The van der Waals surface area contributed by atoms with Gasteiger partial charge in [0.05, 0.1) is 0 Å². The van der Waals surface area contributed by atoms with Gasteiger partial charge in [-0.05, 0) is 43.0 Å². The molecule has 0 N–H and O–H groups in total. The molecule has 0 amide bonds. The number of benzene rings is 2. The van der Waals surface area contributed by atoms with Crippen molar-refractivity contribution in [3.63, 3.8) is 0 Å². The van der Waals surface area contributed by atoms with E-state index in [0.717, 1.165) is 6.54 Å². The predicted molar refractivity (Wildman–Crippen MR) is 90.2 cm³/mol. The molecule has 0 aliphatic heterocycles.